The van der Waals surface area contributed by atoms with E-state index in [0.29, 0.717) is 17.0 Å². The molecule has 2 aromatic rings. The first-order chi connectivity index (χ1) is 12.0. The van der Waals surface area contributed by atoms with E-state index in [1.54, 1.807) is 24.4 Å². The van der Waals surface area contributed by atoms with Gasteiger partial charge in [0.1, 0.15) is 0 Å². The Morgan fingerprint density at radius 1 is 1.08 bits per heavy atom. The molecule has 1 atom stereocenters. The molecule has 1 unspecified atom stereocenters. The second kappa shape index (κ2) is 6.51. The fraction of sp³-hybridized carbons (Fsp3) is 0.250. The molecule has 0 amide bonds. The Balaban J connectivity index is 2.22. The molecule has 1 aliphatic carbocycles. The maximum Gasteiger partial charge on any atom is 0.304 e. The zero-order valence-corrected chi connectivity index (χ0v) is 14.4. The summed E-state index contributed by atoms with van der Waals surface area (Å²) in [5, 5.41) is 0. The van der Waals surface area contributed by atoms with E-state index in [4.69, 9.17) is 9.47 Å². The van der Waals surface area contributed by atoms with Crippen LogP contribution in [0.15, 0.2) is 60.5 Å². The number of ketones is 1. The van der Waals surface area contributed by atoms with E-state index in [9.17, 15) is 9.59 Å². The number of pyridine rings is 1. The lowest BCUT2D eigenvalue weighted by molar-refractivity contribution is -0.169. The highest BCUT2D eigenvalue weighted by molar-refractivity contribution is 6.34. The highest BCUT2D eigenvalue weighted by Crippen LogP contribution is 2.50. The van der Waals surface area contributed by atoms with Crippen molar-refractivity contribution >= 4 is 17.3 Å². The van der Waals surface area contributed by atoms with Gasteiger partial charge in [-0.2, -0.15) is 0 Å². The van der Waals surface area contributed by atoms with Gasteiger partial charge < -0.3 is 9.47 Å². The number of hydrogen-bond donors (Lipinski definition) is 0. The van der Waals surface area contributed by atoms with Crippen LogP contribution in [0.5, 0.6) is 0 Å². The van der Waals surface area contributed by atoms with Crippen molar-refractivity contribution in [1.29, 1.82) is 0 Å². The van der Waals surface area contributed by atoms with Gasteiger partial charge in [-0.15, -0.1) is 0 Å². The lowest BCUT2D eigenvalue weighted by Gasteiger charge is -2.42. The zero-order valence-electron chi connectivity index (χ0n) is 14.4. The highest BCUT2D eigenvalue weighted by Gasteiger charge is 2.61. The number of carbonyl (C=O) groups excluding carboxylic acids is 2. The van der Waals surface area contributed by atoms with E-state index in [-0.39, 0.29) is 11.9 Å². The molecule has 128 valence electrons. The van der Waals surface area contributed by atoms with Crippen LogP contribution >= 0.6 is 0 Å². The van der Waals surface area contributed by atoms with Crippen molar-refractivity contribution in [2.24, 2.45) is 0 Å². The molecule has 0 fully saturated rings. The predicted octanol–water partition coefficient (Wildman–Crippen LogP) is 3.26. The normalized spacial score (nSPS) is 19.6. The molecule has 0 saturated heterocycles. The van der Waals surface area contributed by atoms with Gasteiger partial charge in [0, 0.05) is 13.1 Å². The van der Waals surface area contributed by atoms with Crippen LogP contribution in [-0.4, -0.2) is 22.8 Å². The molecule has 0 aliphatic heterocycles. The van der Waals surface area contributed by atoms with Crippen molar-refractivity contribution in [3.05, 3.63) is 71.7 Å². The zero-order chi connectivity index (χ0) is 18.0. The molecule has 1 heterocycles. The summed E-state index contributed by atoms with van der Waals surface area (Å²) in [5.74, 6) is -0.577. The van der Waals surface area contributed by atoms with E-state index in [1.165, 1.54) is 6.92 Å². The van der Waals surface area contributed by atoms with E-state index >= 15 is 0 Å². The van der Waals surface area contributed by atoms with Crippen molar-refractivity contribution in [2.75, 3.05) is 0 Å². The summed E-state index contributed by atoms with van der Waals surface area (Å²) in [6, 6.07) is 14.3. The lowest BCUT2D eigenvalue weighted by Crippen LogP contribution is -2.52. The molecule has 1 aliphatic rings. The fourth-order valence-electron chi connectivity index (χ4n) is 2.90. The molecule has 3 rings (SSSR count). The molecule has 5 heteroatoms. The van der Waals surface area contributed by atoms with Gasteiger partial charge in [0.05, 0.1) is 17.4 Å². The van der Waals surface area contributed by atoms with E-state index in [0.717, 1.165) is 5.56 Å². The Morgan fingerprint density at radius 2 is 1.76 bits per heavy atom. The van der Waals surface area contributed by atoms with Gasteiger partial charge in [-0.05, 0) is 31.5 Å². The summed E-state index contributed by atoms with van der Waals surface area (Å²) in [5.41, 5.74) is -0.142. The standard InChI is InChI=1S/C20H19NO4/c1-13(2)24-19-17(15-9-5-4-6-10-15)18(23)20(19,25-14(3)22)16-11-7-8-12-21-16/h4-13H,1-3H3. The van der Waals surface area contributed by atoms with E-state index < -0.39 is 11.6 Å². The third kappa shape index (κ3) is 2.82. The molecule has 5 nitrogen and oxygen atoms in total. The van der Waals surface area contributed by atoms with Crippen LogP contribution in [0, 0.1) is 0 Å². The molecular weight excluding hydrogens is 318 g/mol. The number of rotatable bonds is 5. The van der Waals surface area contributed by atoms with Gasteiger partial charge in [-0.3, -0.25) is 14.6 Å². The number of nitrogens with zero attached hydrogens (tertiary/aromatic N) is 1. The summed E-state index contributed by atoms with van der Waals surface area (Å²) >= 11 is 0. The molecular formula is C20H19NO4. The maximum absolute atomic E-state index is 13.2. The number of aromatic nitrogens is 1. The van der Waals surface area contributed by atoms with Gasteiger partial charge in [-0.25, -0.2) is 0 Å². The number of esters is 1. The number of benzene rings is 1. The smallest absolute Gasteiger partial charge is 0.304 e. The number of hydrogen-bond acceptors (Lipinski definition) is 5. The average molecular weight is 337 g/mol. The van der Waals surface area contributed by atoms with Crippen molar-refractivity contribution in [1.82, 2.24) is 4.98 Å². The lowest BCUT2D eigenvalue weighted by atomic mass is 9.72. The molecule has 0 radical (unpaired) electrons. The van der Waals surface area contributed by atoms with Crippen molar-refractivity contribution in [3.63, 3.8) is 0 Å². The number of ether oxygens (including phenoxy) is 2. The average Bonchev–Trinajstić information content (AvgIpc) is 2.60. The van der Waals surface area contributed by atoms with Crippen LogP contribution in [0.4, 0.5) is 0 Å². The Hall–Kier alpha value is -2.95. The molecule has 0 bridgehead atoms. The summed E-state index contributed by atoms with van der Waals surface area (Å²) in [6.07, 6.45) is 1.36. The summed E-state index contributed by atoms with van der Waals surface area (Å²) in [7, 11) is 0. The third-order valence-electron chi connectivity index (χ3n) is 3.83. The minimum absolute atomic E-state index is 0.194. The molecule has 1 aromatic heterocycles. The highest BCUT2D eigenvalue weighted by atomic mass is 16.6. The van der Waals surface area contributed by atoms with Crippen molar-refractivity contribution in [2.45, 2.75) is 32.5 Å². The Morgan fingerprint density at radius 3 is 2.32 bits per heavy atom. The molecule has 1 aromatic carbocycles. The van der Waals surface area contributed by atoms with E-state index in [2.05, 4.69) is 4.98 Å². The Kier molecular flexibility index (Phi) is 4.40. The van der Waals surface area contributed by atoms with Gasteiger partial charge in [0.15, 0.2) is 5.76 Å². The van der Waals surface area contributed by atoms with Crippen LogP contribution in [0.1, 0.15) is 32.0 Å². The molecule has 0 spiro atoms. The van der Waals surface area contributed by atoms with Crippen LogP contribution in [0.25, 0.3) is 5.57 Å². The maximum atomic E-state index is 13.2. The Labute approximate surface area is 146 Å². The molecule has 0 saturated carbocycles. The van der Waals surface area contributed by atoms with Crippen LogP contribution in [0.2, 0.25) is 0 Å². The van der Waals surface area contributed by atoms with Gasteiger partial charge >= 0.3 is 5.97 Å². The van der Waals surface area contributed by atoms with Crippen LogP contribution in [-0.2, 0) is 24.7 Å². The largest absolute Gasteiger partial charge is 0.489 e. The van der Waals surface area contributed by atoms with Gasteiger partial charge in [-0.1, -0.05) is 36.4 Å². The minimum atomic E-state index is -1.62. The van der Waals surface area contributed by atoms with Crippen molar-refractivity contribution in [3.8, 4) is 0 Å². The minimum Gasteiger partial charge on any atom is -0.489 e. The van der Waals surface area contributed by atoms with Gasteiger partial charge in [0.2, 0.25) is 5.78 Å². The number of carbonyl (C=O) groups is 2. The summed E-state index contributed by atoms with van der Waals surface area (Å²) < 4.78 is 11.4. The second-order valence-corrected chi connectivity index (χ2v) is 6.06. The van der Waals surface area contributed by atoms with Crippen LogP contribution < -0.4 is 0 Å². The first kappa shape index (κ1) is 16.9. The first-order valence-corrected chi connectivity index (χ1v) is 8.09. The summed E-state index contributed by atoms with van der Waals surface area (Å²) in [4.78, 5) is 29.2. The molecule has 25 heavy (non-hydrogen) atoms. The van der Waals surface area contributed by atoms with E-state index in [1.807, 2.05) is 44.2 Å². The Bertz CT molecular complexity index is 827. The topological polar surface area (TPSA) is 65.5 Å². The fourth-order valence-corrected chi connectivity index (χ4v) is 2.90. The SMILES string of the molecule is CC(=O)OC1(c2ccccn2)C(=O)C(c2ccccc2)=C1OC(C)C. The van der Waals surface area contributed by atoms with Crippen LogP contribution in [0.3, 0.4) is 0 Å². The number of Topliss-reactive ketones (excluding diaryl/α,β-unsaturated/α-hetero) is 1. The monoisotopic (exact) mass is 337 g/mol. The van der Waals surface area contributed by atoms with Crippen molar-refractivity contribution < 1.29 is 19.1 Å². The second-order valence-electron chi connectivity index (χ2n) is 6.06. The first-order valence-electron chi connectivity index (χ1n) is 8.09. The van der Waals surface area contributed by atoms with Gasteiger partial charge in [0.25, 0.3) is 5.60 Å². The summed E-state index contributed by atoms with van der Waals surface area (Å²) in [6.45, 7) is 4.98. The quantitative estimate of drug-likeness (QED) is 0.784. The third-order valence-corrected chi connectivity index (χ3v) is 3.83. The predicted molar refractivity (Wildman–Crippen MR) is 92.3 cm³/mol. The molecule has 0 N–H and O–H groups in total.